The number of likely N-dealkylation sites (tertiary alicyclic amines) is 1. The first-order valence-corrected chi connectivity index (χ1v) is 10.7. The number of piperidine rings is 1. The second-order valence-corrected chi connectivity index (χ2v) is 8.97. The zero-order valence-corrected chi connectivity index (χ0v) is 17.1. The molecule has 2 aliphatic rings. The van der Waals surface area contributed by atoms with Crippen LogP contribution in [-0.4, -0.2) is 34.4 Å². The molecule has 1 unspecified atom stereocenters. The molecule has 1 N–H and O–H groups in total. The van der Waals surface area contributed by atoms with Gasteiger partial charge in [0.1, 0.15) is 0 Å². The molecule has 0 spiro atoms. The monoisotopic (exact) mass is 412 g/mol. The summed E-state index contributed by atoms with van der Waals surface area (Å²) in [6.45, 7) is 1.37. The van der Waals surface area contributed by atoms with Gasteiger partial charge < -0.3 is 10.2 Å². The highest BCUT2D eigenvalue weighted by Gasteiger charge is 2.61. The van der Waals surface area contributed by atoms with E-state index in [2.05, 4.69) is 28.6 Å². The predicted octanol–water partition coefficient (Wildman–Crippen LogP) is 4.18. The van der Waals surface area contributed by atoms with E-state index in [-0.39, 0.29) is 11.4 Å². The molecule has 2 heterocycles. The second-order valence-electron chi connectivity index (χ2n) is 7.86. The minimum Gasteiger partial charge on any atom is -0.344 e. The Kier molecular flexibility index (Phi) is 4.68. The first kappa shape index (κ1) is 18.7. The second kappa shape index (κ2) is 7.51. The molecule has 1 saturated heterocycles. The number of hydrogen-bond donors (Lipinski definition) is 1. The highest BCUT2D eigenvalue weighted by Crippen LogP contribution is 2.49. The Labute approximate surface area is 179 Å². The number of rotatable bonds is 5. The summed E-state index contributed by atoms with van der Waals surface area (Å²) in [7, 11) is 0. The highest BCUT2D eigenvalue weighted by atomic mass is 32.2. The molecule has 6 heteroatoms. The van der Waals surface area contributed by atoms with Gasteiger partial charge >= 0.3 is 0 Å². The minimum absolute atomic E-state index is 0.0718. The van der Waals surface area contributed by atoms with Gasteiger partial charge in [0, 0.05) is 40.2 Å². The van der Waals surface area contributed by atoms with Gasteiger partial charge in [-0.25, -0.2) is 0 Å². The fourth-order valence-electron chi connectivity index (χ4n) is 4.17. The molecule has 2 fully saturated rings. The van der Waals surface area contributed by atoms with Gasteiger partial charge in [0.2, 0.25) is 0 Å². The van der Waals surface area contributed by atoms with Crippen molar-refractivity contribution in [3.63, 3.8) is 0 Å². The van der Waals surface area contributed by atoms with E-state index in [0.29, 0.717) is 18.0 Å². The number of pyridine rings is 1. The predicted molar refractivity (Wildman–Crippen MR) is 116 cm³/mol. The molecule has 0 bridgehead atoms. The normalized spacial score (nSPS) is 21.6. The van der Waals surface area contributed by atoms with Gasteiger partial charge in [-0.3, -0.25) is 9.78 Å². The molecule has 5 nitrogen and oxygen atoms in total. The lowest BCUT2D eigenvalue weighted by Crippen LogP contribution is -2.41. The van der Waals surface area contributed by atoms with Crippen LogP contribution in [0.15, 0.2) is 82.8 Å². The van der Waals surface area contributed by atoms with E-state index >= 15 is 0 Å². The molecular formula is C24H20N4OS. The highest BCUT2D eigenvalue weighted by molar-refractivity contribution is 7.99. The lowest BCUT2D eigenvalue weighted by atomic mass is 10.0. The topological polar surface area (TPSA) is 69.0 Å². The maximum atomic E-state index is 12.8. The maximum absolute atomic E-state index is 12.8. The number of benzene rings is 2. The lowest BCUT2D eigenvalue weighted by Gasteiger charge is -2.17. The quantitative estimate of drug-likeness (QED) is 0.637. The Bertz CT molecular complexity index is 1130. The van der Waals surface area contributed by atoms with Gasteiger partial charge in [-0.1, -0.05) is 42.1 Å². The molecule has 1 aliphatic heterocycles. The number of amides is 1. The molecule has 2 aromatic carbocycles. The Hall–Kier alpha value is -3.30. The fraction of sp³-hybridized carbons (Fsp3) is 0.208. The third kappa shape index (κ3) is 3.53. The summed E-state index contributed by atoms with van der Waals surface area (Å²) in [6, 6.07) is 19.9. The Balaban J connectivity index is 1.32. The summed E-state index contributed by atoms with van der Waals surface area (Å²) in [5, 5.41) is 12.2. The van der Waals surface area contributed by atoms with Crippen molar-refractivity contribution in [2.45, 2.75) is 21.8 Å². The molecule has 30 heavy (non-hydrogen) atoms. The average molecular weight is 413 g/mol. The average Bonchev–Trinajstić information content (AvgIpc) is 3.33. The summed E-state index contributed by atoms with van der Waals surface area (Å²) in [5.74, 6) is 0.326. The van der Waals surface area contributed by atoms with Crippen molar-refractivity contribution in [1.82, 2.24) is 15.2 Å². The first-order chi connectivity index (χ1) is 14.7. The first-order valence-electron chi connectivity index (χ1n) is 9.91. The molecule has 1 aromatic heterocycles. The van der Waals surface area contributed by atoms with E-state index < -0.39 is 0 Å². The van der Waals surface area contributed by atoms with Gasteiger partial charge in [0.25, 0.3) is 5.91 Å². The Morgan fingerprint density at radius 1 is 1.17 bits per heavy atom. The molecule has 0 radical (unpaired) electrons. The van der Waals surface area contributed by atoms with Crippen LogP contribution < -0.4 is 5.32 Å². The molecule has 1 amide bonds. The maximum Gasteiger partial charge on any atom is 0.251 e. The summed E-state index contributed by atoms with van der Waals surface area (Å²) >= 11 is 1.68. The van der Waals surface area contributed by atoms with E-state index in [4.69, 9.17) is 5.26 Å². The molecule has 3 aromatic rings. The van der Waals surface area contributed by atoms with Crippen molar-refractivity contribution in [1.29, 1.82) is 5.26 Å². The number of carbonyl (C=O) groups is 1. The third-order valence-electron chi connectivity index (χ3n) is 5.86. The van der Waals surface area contributed by atoms with Crippen LogP contribution in [0.5, 0.6) is 0 Å². The van der Waals surface area contributed by atoms with Crippen LogP contribution in [0.4, 0.5) is 0 Å². The summed E-state index contributed by atoms with van der Waals surface area (Å²) in [4.78, 5) is 21.0. The van der Waals surface area contributed by atoms with E-state index in [1.807, 2.05) is 54.7 Å². The van der Waals surface area contributed by atoms with Gasteiger partial charge in [0.05, 0.1) is 12.1 Å². The van der Waals surface area contributed by atoms with E-state index in [9.17, 15) is 4.79 Å². The summed E-state index contributed by atoms with van der Waals surface area (Å²) in [5.41, 5.74) is 2.56. The third-order valence-corrected chi connectivity index (χ3v) is 6.92. The Morgan fingerprint density at radius 3 is 2.70 bits per heavy atom. The van der Waals surface area contributed by atoms with Crippen LogP contribution in [0.1, 0.15) is 16.8 Å². The molecule has 148 valence electrons. The van der Waals surface area contributed by atoms with E-state index in [1.165, 1.54) is 0 Å². The van der Waals surface area contributed by atoms with Crippen molar-refractivity contribution >= 4 is 17.7 Å². The van der Waals surface area contributed by atoms with Crippen LogP contribution >= 0.6 is 11.8 Å². The number of nitriles is 1. The summed E-state index contributed by atoms with van der Waals surface area (Å²) in [6.07, 6.45) is 6.82. The van der Waals surface area contributed by atoms with Crippen molar-refractivity contribution in [2.24, 2.45) is 5.92 Å². The molecule has 2 atom stereocenters. The Morgan fingerprint density at radius 2 is 1.97 bits per heavy atom. The number of aromatic nitrogens is 1. The number of hydrogen-bond acceptors (Lipinski definition) is 5. The number of carbonyl (C=O) groups excluding carboxylic acids is 1. The van der Waals surface area contributed by atoms with Gasteiger partial charge in [0.15, 0.2) is 6.19 Å². The van der Waals surface area contributed by atoms with E-state index in [1.54, 1.807) is 22.9 Å². The van der Waals surface area contributed by atoms with Crippen LogP contribution in [0, 0.1) is 17.4 Å². The van der Waals surface area contributed by atoms with Crippen LogP contribution in [0.3, 0.4) is 0 Å². The smallest absolute Gasteiger partial charge is 0.251 e. The SMILES string of the molecule is N#CN1CC2C[C@]2(NC(=O)c2ccc(-c3ccncc3Sc3ccccc3)cc2)C1. The lowest BCUT2D eigenvalue weighted by molar-refractivity contribution is 0.0929. The van der Waals surface area contributed by atoms with E-state index in [0.717, 1.165) is 33.9 Å². The molecule has 1 saturated carbocycles. The van der Waals surface area contributed by atoms with Gasteiger partial charge in [-0.2, -0.15) is 5.26 Å². The number of nitrogens with zero attached hydrogens (tertiary/aromatic N) is 3. The number of fused-ring (bicyclic) bond motifs is 1. The van der Waals surface area contributed by atoms with Crippen LogP contribution in [0.25, 0.3) is 11.1 Å². The van der Waals surface area contributed by atoms with Crippen molar-refractivity contribution < 1.29 is 4.79 Å². The molecular weight excluding hydrogens is 392 g/mol. The molecule has 1 aliphatic carbocycles. The zero-order valence-electron chi connectivity index (χ0n) is 16.3. The number of nitrogens with one attached hydrogen (secondary N) is 1. The van der Waals surface area contributed by atoms with Crippen molar-refractivity contribution in [3.05, 3.63) is 78.6 Å². The fourth-order valence-corrected chi connectivity index (χ4v) is 5.12. The largest absolute Gasteiger partial charge is 0.344 e. The van der Waals surface area contributed by atoms with Crippen molar-refractivity contribution in [3.8, 4) is 17.3 Å². The molecule has 5 rings (SSSR count). The standard InChI is InChI=1S/C24H20N4OS/c25-16-28-14-19-12-24(19,15-28)27-23(29)18-8-6-17(7-9-18)21-10-11-26-13-22(21)30-20-4-2-1-3-5-20/h1-11,13,19H,12,14-15H2,(H,27,29)/t19?,24-/m0/s1. The van der Waals surface area contributed by atoms with Crippen molar-refractivity contribution in [2.75, 3.05) is 13.1 Å². The van der Waals surface area contributed by atoms with Gasteiger partial charge in [-0.05, 0) is 47.9 Å². The minimum atomic E-state index is -0.212. The van der Waals surface area contributed by atoms with Gasteiger partial charge in [-0.15, -0.1) is 0 Å². The zero-order chi connectivity index (χ0) is 20.6. The summed E-state index contributed by atoms with van der Waals surface area (Å²) < 4.78 is 0. The van der Waals surface area contributed by atoms with Crippen LogP contribution in [0.2, 0.25) is 0 Å². The van der Waals surface area contributed by atoms with Crippen LogP contribution in [-0.2, 0) is 0 Å².